The Morgan fingerprint density at radius 2 is 1.50 bits per heavy atom. The summed E-state index contributed by atoms with van der Waals surface area (Å²) in [5, 5.41) is 0. The minimum atomic E-state index is -0.538. The number of rotatable bonds is 8. The quantitative estimate of drug-likeness (QED) is 0.489. The molecule has 0 saturated carbocycles. The summed E-state index contributed by atoms with van der Waals surface area (Å²) in [7, 11) is 5.47. The van der Waals surface area contributed by atoms with Gasteiger partial charge in [-0.2, -0.15) is 0 Å². The summed E-state index contributed by atoms with van der Waals surface area (Å²) in [6.45, 7) is 13.2. The van der Waals surface area contributed by atoms with Crippen molar-refractivity contribution in [1.82, 2.24) is 9.80 Å². The van der Waals surface area contributed by atoms with Crippen LogP contribution in [0.3, 0.4) is 0 Å². The molecule has 24 heavy (non-hydrogen) atoms. The summed E-state index contributed by atoms with van der Waals surface area (Å²) in [6.07, 6.45) is 0.189. The van der Waals surface area contributed by atoms with Crippen LogP contribution in [0, 0.1) is 5.92 Å². The molecule has 0 N–H and O–H groups in total. The molecule has 0 aliphatic heterocycles. The maximum atomic E-state index is 12.4. The molecule has 1 unspecified atom stereocenters. The van der Waals surface area contributed by atoms with E-state index < -0.39 is 6.10 Å². The van der Waals surface area contributed by atoms with Crippen molar-refractivity contribution in [3.8, 4) is 0 Å². The molecule has 0 amide bonds. The van der Waals surface area contributed by atoms with Gasteiger partial charge in [-0.15, -0.1) is 0 Å². The van der Waals surface area contributed by atoms with Gasteiger partial charge >= 0.3 is 5.97 Å². The number of ether oxygens (including phenoxy) is 1. The molecule has 0 aromatic carbocycles. The Balaban J connectivity index is 0. The number of likely N-dealkylation sites (N-methyl/N-ethyl adjacent to an activating group) is 2. The van der Waals surface area contributed by atoms with Crippen molar-refractivity contribution in [1.29, 1.82) is 0 Å². The SMILES string of the molecule is CC.CC(=O)[C@H](C)N(C)C(=S)C(C)OC(=O)[C@H](CC(C)C)N(C)C. The van der Waals surface area contributed by atoms with Gasteiger partial charge in [0.1, 0.15) is 17.1 Å². The molecule has 0 aromatic heterocycles. The van der Waals surface area contributed by atoms with Gasteiger partial charge in [0.15, 0.2) is 5.78 Å². The number of hydrogen-bond acceptors (Lipinski definition) is 5. The highest BCUT2D eigenvalue weighted by Gasteiger charge is 2.28. The van der Waals surface area contributed by atoms with Gasteiger partial charge in [-0.1, -0.05) is 39.9 Å². The average Bonchev–Trinajstić information content (AvgIpc) is 2.51. The van der Waals surface area contributed by atoms with Gasteiger partial charge in [-0.25, -0.2) is 0 Å². The molecule has 3 atom stereocenters. The maximum Gasteiger partial charge on any atom is 0.324 e. The largest absolute Gasteiger partial charge is 0.454 e. The first-order chi connectivity index (χ1) is 11.0. The lowest BCUT2D eigenvalue weighted by atomic mass is 10.0. The molecule has 0 aliphatic rings. The molecule has 6 heteroatoms. The Labute approximate surface area is 153 Å². The van der Waals surface area contributed by atoms with Crippen LogP contribution in [0.5, 0.6) is 0 Å². The fourth-order valence-electron chi connectivity index (χ4n) is 2.02. The number of thiocarbonyl (C=S) groups is 1. The topological polar surface area (TPSA) is 49.9 Å². The van der Waals surface area contributed by atoms with Gasteiger partial charge in [-0.05, 0) is 47.2 Å². The zero-order valence-corrected chi connectivity index (χ0v) is 17.9. The number of nitrogens with zero attached hydrogens (tertiary/aromatic N) is 2. The van der Waals surface area contributed by atoms with E-state index in [4.69, 9.17) is 17.0 Å². The number of carbonyl (C=O) groups is 2. The van der Waals surface area contributed by atoms with Gasteiger partial charge in [0.2, 0.25) is 0 Å². The highest BCUT2D eigenvalue weighted by Crippen LogP contribution is 2.13. The van der Waals surface area contributed by atoms with Gasteiger partial charge in [0, 0.05) is 7.05 Å². The van der Waals surface area contributed by atoms with E-state index in [1.807, 2.05) is 32.8 Å². The smallest absolute Gasteiger partial charge is 0.324 e. The van der Waals surface area contributed by atoms with E-state index in [1.165, 1.54) is 6.92 Å². The average molecular weight is 361 g/mol. The van der Waals surface area contributed by atoms with Crippen molar-refractivity contribution in [3.05, 3.63) is 0 Å². The molecule has 5 nitrogen and oxygen atoms in total. The van der Waals surface area contributed by atoms with E-state index in [0.29, 0.717) is 10.9 Å². The minimum Gasteiger partial charge on any atom is -0.454 e. The molecular formula is C18H36N2O3S. The summed E-state index contributed by atoms with van der Waals surface area (Å²) in [4.78, 5) is 27.8. The Kier molecular flexibility index (Phi) is 13.0. The second-order valence-corrected chi connectivity index (χ2v) is 6.84. The lowest BCUT2D eigenvalue weighted by Gasteiger charge is -2.30. The lowest BCUT2D eigenvalue weighted by molar-refractivity contribution is -0.151. The van der Waals surface area contributed by atoms with Gasteiger partial charge in [-0.3, -0.25) is 14.5 Å². The lowest BCUT2D eigenvalue weighted by Crippen LogP contribution is -2.46. The van der Waals surface area contributed by atoms with Crippen LogP contribution < -0.4 is 0 Å². The van der Waals surface area contributed by atoms with Crippen LogP contribution in [0.25, 0.3) is 0 Å². The number of esters is 1. The zero-order chi connectivity index (χ0) is 19.6. The van der Waals surface area contributed by atoms with E-state index in [-0.39, 0.29) is 23.8 Å². The molecule has 0 fully saturated rings. The molecule has 0 aliphatic carbocycles. The number of Topliss-reactive ketones (excluding diaryl/α,β-unsaturated/α-hetero) is 1. The molecule has 0 bridgehead atoms. The summed E-state index contributed by atoms with van der Waals surface area (Å²) >= 11 is 5.34. The van der Waals surface area contributed by atoms with Crippen molar-refractivity contribution < 1.29 is 14.3 Å². The molecule has 0 rings (SSSR count). The normalized spacial score (nSPS) is 14.3. The van der Waals surface area contributed by atoms with Crippen molar-refractivity contribution in [3.63, 3.8) is 0 Å². The second-order valence-electron chi connectivity index (χ2n) is 6.42. The maximum absolute atomic E-state index is 12.4. The van der Waals surface area contributed by atoms with Crippen LogP contribution in [0.4, 0.5) is 0 Å². The van der Waals surface area contributed by atoms with E-state index in [1.54, 1.807) is 25.8 Å². The van der Waals surface area contributed by atoms with Crippen molar-refractivity contribution in [2.75, 3.05) is 21.1 Å². The predicted molar refractivity (Wildman–Crippen MR) is 104 cm³/mol. The number of carbonyl (C=O) groups excluding carboxylic acids is 2. The fraction of sp³-hybridized carbons (Fsp3) is 0.833. The monoisotopic (exact) mass is 360 g/mol. The van der Waals surface area contributed by atoms with Crippen LogP contribution in [-0.4, -0.2) is 65.9 Å². The summed E-state index contributed by atoms with van der Waals surface area (Å²) in [5.41, 5.74) is 0. The fourth-order valence-corrected chi connectivity index (χ4v) is 2.22. The van der Waals surface area contributed by atoms with Crippen LogP contribution in [-0.2, 0) is 14.3 Å². The first kappa shape index (κ1) is 25.2. The number of ketones is 1. The zero-order valence-electron chi connectivity index (χ0n) is 17.0. The molecule has 0 saturated heterocycles. The van der Waals surface area contributed by atoms with Gasteiger partial charge in [0.05, 0.1) is 6.04 Å². The third kappa shape index (κ3) is 8.73. The highest BCUT2D eigenvalue weighted by molar-refractivity contribution is 7.80. The molecule has 0 spiro atoms. The first-order valence-corrected chi connectivity index (χ1v) is 9.03. The van der Waals surface area contributed by atoms with E-state index in [9.17, 15) is 9.59 Å². The molecule has 0 radical (unpaired) electrons. The van der Waals surface area contributed by atoms with Crippen molar-refractivity contribution in [2.24, 2.45) is 5.92 Å². The first-order valence-electron chi connectivity index (χ1n) is 8.63. The van der Waals surface area contributed by atoms with Crippen LogP contribution in [0.2, 0.25) is 0 Å². The summed E-state index contributed by atoms with van der Waals surface area (Å²) in [6, 6.07) is -0.616. The Bertz CT molecular complexity index is 411. The standard InChI is InChI=1S/C16H30N2O3S.C2H6/c1-10(2)9-14(17(6)7)16(20)21-13(5)15(22)18(8)11(3)12(4)19;1-2/h10-11,13-14H,9H2,1-8H3;1-2H3/t11-,13?,14-;/m0./s1. The van der Waals surface area contributed by atoms with Gasteiger partial charge in [0.25, 0.3) is 0 Å². The third-order valence-electron chi connectivity index (χ3n) is 3.75. The molecule has 0 aromatic rings. The van der Waals surface area contributed by atoms with E-state index >= 15 is 0 Å². The second kappa shape index (κ2) is 12.4. The van der Waals surface area contributed by atoms with Gasteiger partial charge < -0.3 is 9.64 Å². The van der Waals surface area contributed by atoms with Crippen molar-refractivity contribution in [2.45, 2.75) is 73.1 Å². The molecule has 0 heterocycles. The predicted octanol–water partition coefficient (Wildman–Crippen LogP) is 3.16. The minimum absolute atomic E-state index is 0.0225. The van der Waals surface area contributed by atoms with E-state index in [0.717, 1.165) is 6.42 Å². The Morgan fingerprint density at radius 1 is 1.04 bits per heavy atom. The Morgan fingerprint density at radius 3 is 1.83 bits per heavy atom. The van der Waals surface area contributed by atoms with E-state index in [2.05, 4.69) is 13.8 Å². The van der Waals surface area contributed by atoms with Crippen LogP contribution in [0.1, 0.15) is 54.9 Å². The van der Waals surface area contributed by atoms with Crippen molar-refractivity contribution >= 4 is 29.0 Å². The summed E-state index contributed by atoms with van der Waals surface area (Å²) in [5.74, 6) is 0.134. The molecular weight excluding hydrogens is 324 g/mol. The third-order valence-corrected chi connectivity index (χ3v) is 4.37. The van der Waals surface area contributed by atoms with Crippen LogP contribution in [0.15, 0.2) is 0 Å². The number of hydrogen-bond donors (Lipinski definition) is 0. The summed E-state index contributed by atoms with van der Waals surface area (Å²) < 4.78 is 5.51. The van der Waals surface area contributed by atoms with Crippen LogP contribution >= 0.6 is 12.2 Å². The highest BCUT2D eigenvalue weighted by atomic mass is 32.1. The molecule has 142 valence electrons. The Hall–Kier alpha value is -1.01.